The lowest BCUT2D eigenvalue weighted by atomic mass is 10.0. The van der Waals surface area contributed by atoms with Gasteiger partial charge >= 0.3 is 0 Å². The molecule has 0 saturated heterocycles. The van der Waals surface area contributed by atoms with Gasteiger partial charge in [0.05, 0.1) is 5.56 Å². The first-order valence-corrected chi connectivity index (χ1v) is 14.0. The van der Waals surface area contributed by atoms with Crippen molar-refractivity contribution in [3.8, 4) is 0 Å². The molecule has 198 valence electrons. The van der Waals surface area contributed by atoms with Crippen molar-refractivity contribution in [2.75, 3.05) is 6.54 Å². The predicted molar refractivity (Wildman–Crippen MR) is 143 cm³/mol. The first-order chi connectivity index (χ1) is 18.2. The van der Waals surface area contributed by atoms with Crippen LogP contribution in [0.15, 0.2) is 89.8 Å². The van der Waals surface area contributed by atoms with Crippen LogP contribution in [0.4, 0.5) is 0 Å². The van der Waals surface area contributed by atoms with Gasteiger partial charge in [-0.05, 0) is 36.6 Å². The molecule has 0 fully saturated rings. The zero-order chi connectivity index (χ0) is 27.3. The summed E-state index contributed by atoms with van der Waals surface area (Å²) in [6, 6.07) is 23.3. The lowest BCUT2D eigenvalue weighted by Crippen LogP contribution is -2.54. The third-order valence-corrected chi connectivity index (χ3v) is 8.45. The van der Waals surface area contributed by atoms with Gasteiger partial charge in [0.25, 0.3) is 15.9 Å². The summed E-state index contributed by atoms with van der Waals surface area (Å²) in [5.41, 5.74) is 1.65. The SMILES string of the molecule is CC[C@@H](C)NC(=O)[C@@H](Cc1ccccc1)N(Cc1ccccc1)C(=O)CN1C(=O)c2ccccc2S1(=O)=O. The summed E-state index contributed by atoms with van der Waals surface area (Å²) in [6.07, 6.45) is 0.928. The fourth-order valence-corrected chi connectivity index (χ4v) is 5.89. The molecule has 1 N–H and O–H groups in total. The van der Waals surface area contributed by atoms with Crippen molar-refractivity contribution in [1.29, 1.82) is 0 Å². The molecule has 3 aromatic rings. The van der Waals surface area contributed by atoms with Crippen molar-refractivity contribution in [2.24, 2.45) is 0 Å². The monoisotopic (exact) mass is 533 g/mol. The summed E-state index contributed by atoms with van der Waals surface area (Å²) in [5, 5.41) is 2.97. The molecule has 3 aromatic carbocycles. The van der Waals surface area contributed by atoms with Gasteiger partial charge in [-0.3, -0.25) is 14.4 Å². The molecular weight excluding hydrogens is 502 g/mol. The number of rotatable bonds is 10. The highest BCUT2D eigenvalue weighted by atomic mass is 32.2. The number of carbonyl (C=O) groups excluding carboxylic acids is 3. The van der Waals surface area contributed by atoms with Gasteiger partial charge in [-0.15, -0.1) is 0 Å². The Kier molecular flexibility index (Phi) is 8.26. The topological polar surface area (TPSA) is 104 Å². The van der Waals surface area contributed by atoms with E-state index in [1.54, 1.807) is 6.07 Å². The molecule has 1 aliphatic heterocycles. The van der Waals surface area contributed by atoms with E-state index in [2.05, 4.69) is 5.32 Å². The minimum absolute atomic E-state index is 0.0326. The maximum atomic E-state index is 13.9. The van der Waals surface area contributed by atoms with Crippen LogP contribution in [0.5, 0.6) is 0 Å². The zero-order valence-corrected chi connectivity index (χ0v) is 22.2. The molecule has 0 aliphatic carbocycles. The van der Waals surface area contributed by atoms with Crippen LogP contribution in [0, 0.1) is 0 Å². The van der Waals surface area contributed by atoms with Gasteiger partial charge in [-0.2, -0.15) is 0 Å². The summed E-state index contributed by atoms with van der Waals surface area (Å²) in [6.45, 7) is 3.20. The molecule has 4 rings (SSSR count). The summed E-state index contributed by atoms with van der Waals surface area (Å²) in [4.78, 5) is 41.7. The van der Waals surface area contributed by atoms with E-state index in [1.807, 2.05) is 74.5 Å². The lowest BCUT2D eigenvalue weighted by molar-refractivity contribution is -0.141. The van der Waals surface area contributed by atoms with E-state index in [9.17, 15) is 22.8 Å². The first kappa shape index (κ1) is 27.1. The van der Waals surface area contributed by atoms with Crippen LogP contribution in [-0.4, -0.2) is 54.0 Å². The van der Waals surface area contributed by atoms with Crippen LogP contribution in [0.2, 0.25) is 0 Å². The van der Waals surface area contributed by atoms with Crippen molar-refractivity contribution >= 4 is 27.7 Å². The van der Waals surface area contributed by atoms with Gasteiger partial charge in [-0.25, -0.2) is 12.7 Å². The Morgan fingerprint density at radius 3 is 2.08 bits per heavy atom. The molecule has 9 heteroatoms. The van der Waals surface area contributed by atoms with Crippen LogP contribution in [0.25, 0.3) is 0 Å². The molecule has 3 amide bonds. The van der Waals surface area contributed by atoms with Crippen LogP contribution in [-0.2, 0) is 32.6 Å². The van der Waals surface area contributed by atoms with E-state index in [0.717, 1.165) is 11.1 Å². The number of benzene rings is 3. The highest BCUT2D eigenvalue weighted by Crippen LogP contribution is 2.30. The number of carbonyl (C=O) groups is 3. The number of hydrogen-bond donors (Lipinski definition) is 1. The van der Waals surface area contributed by atoms with Crippen LogP contribution >= 0.6 is 0 Å². The van der Waals surface area contributed by atoms with Crippen LogP contribution in [0.3, 0.4) is 0 Å². The smallest absolute Gasteiger partial charge is 0.269 e. The molecule has 0 unspecified atom stereocenters. The Labute approximate surface area is 223 Å². The largest absolute Gasteiger partial charge is 0.352 e. The zero-order valence-electron chi connectivity index (χ0n) is 21.4. The maximum absolute atomic E-state index is 13.9. The van der Waals surface area contributed by atoms with Gasteiger partial charge in [-0.1, -0.05) is 79.7 Å². The second kappa shape index (κ2) is 11.6. The quantitative estimate of drug-likeness (QED) is 0.430. The summed E-state index contributed by atoms with van der Waals surface area (Å²) < 4.78 is 26.9. The number of nitrogens with one attached hydrogen (secondary N) is 1. The summed E-state index contributed by atoms with van der Waals surface area (Å²) in [5.74, 6) is -1.73. The maximum Gasteiger partial charge on any atom is 0.269 e. The Bertz CT molecular complexity index is 1410. The molecule has 0 saturated carbocycles. The second-order valence-electron chi connectivity index (χ2n) is 9.34. The Morgan fingerprint density at radius 2 is 1.47 bits per heavy atom. The molecule has 1 heterocycles. The first-order valence-electron chi connectivity index (χ1n) is 12.6. The minimum atomic E-state index is -4.19. The van der Waals surface area contributed by atoms with Crippen LogP contribution < -0.4 is 5.32 Å². The number of hydrogen-bond acceptors (Lipinski definition) is 5. The van der Waals surface area contributed by atoms with Crippen molar-refractivity contribution in [3.05, 3.63) is 102 Å². The van der Waals surface area contributed by atoms with E-state index < -0.39 is 34.4 Å². The van der Waals surface area contributed by atoms with Gasteiger partial charge in [0, 0.05) is 19.0 Å². The fourth-order valence-electron chi connectivity index (χ4n) is 4.38. The van der Waals surface area contributed by atoms with E-state index in [-0.39, 0.29) is 35.4 Å². The molecule has 0 radical (unpaired) electrons. The molecular formula is C29H31N3O5S. The summed E-state index contributed by atoms with van der Waals surface area (Å²) >= 11 is 0. The third-order valence-electron chi connectivity index (χ3n) is 6.66. The second-order valence-corrected chi connectivity index (χ2v) is 11.2. The molecule has 0 spiro atoms. The molecule has 38 heavy (non-hydrogen) atoms. The molecule has 1 aliphatic rings. The highest BCUT2D eigenvalue weighted by molar-refractivity contribution is 7.90. The normalized spacial score (nSPS) is 15.4. The van der Waals surface area contributed by atoms with E-state index in [0.29, 0.717) is 10.7 Å². The van der Waals surface area contributed by atoms with Gasteiger partial charge in [0.2, 0.25) is 11.8 Å². The number of fused-ring (bicyclic) bond motifs is 1. The van der Waals surface area contributed by atoms with Crippen molar-refractivity contribution in [3.63, 3.8) is 0 Å². The van der Waals surface area contributed by atoms with Crippen molar-refractivity contribution in [2.45, 2.75) is 50.2 Å². The van der Waals surface area contributed by atoms with Crippen molar-refractivity contribution < 1.29 is 22.8 Å². The minimum Gasteiger partial charge on any atom is -0.352 e. The van der Waals surface area contributed by atoms with E-state index in [1.165, 1.54) is 23.1 Å². The molecule has 0 bridgehead atoms. The Hall–Kier alpha value is -3.98. The predicted octanol–water partition coefficient (Wildman–Crippen LogP) is 3.39. The molecule has 8 nitrogen and oxygen atoms in total. The highest BCUT2D eigenvalue weighted by Gasteiger charge is 2.43. The Morgan fingerprint density at radius 1 is 0.895 bits per heavy atom. The fraction of sp³-hybridized carbons (Fsp3) is 0.276. The van der Waals surface area contributed by atoms with Crippen molar-refractivity contribution in [1.82, 2.24) is 14.5 Å². The number of sulfonamides is 1. The van der Waals surface area contributed by atoms with Gasteiger partial charge < -0.3 is 10.2 Å². The van der Waals surface area contributed by atoms with E-state index in [4.69, 9.17) is 0 Å². The lowest BCUT2D eigenvalue weighted by Gasteiger charge is -2.33. The number of amides is 3. The standard InChI is InChI=1S/C29H31N3O5S/c1-3-21(2)30-28(34)25(18-22-12-6-4-7-13-22)31(19-23-14-8-5-9-15-23)27(33)20-32-29(35)24-16-10-11-17-26(24)38(32,36)37/h4-17,21,25H,3,18-20H2,1-2H3,(H,30,34)/t21-,25-/m1/s1. The van der Waals surface area contributed by atoms with E-state index >= 15 is 0 Å². The number of nitrogens with zero attached hydrogens (tertiary/aromatic N) is 2. The van der Waals surface area contributed by atoms with Gasteiger partial charge in [0.1, 0.15) is 17.5 Å². The van der Waals surface area contributed by atoms with Gasteiger partial charge in [0.15, 0.2) is 0 Å². The molecule has 0 aromatic heterocycles. The average molecular weight is 534 g/mol. The third kappa shape index (κ3) is 5.78. The summed E-state index contributed by atoms with van der Waals surface area (Å²) in [7, 11) is -4.19. The Balaban J connectivity index is 1.70. The molecule has 2 atom stereocenters. The average Bonchev–Trinajstić information content (AvgIpc) is 3.12. The van der Waals surface area contributed by atoms with Crippen LogP contribution in [0.1, 0.15) is 41.8 Å².